The van der Waals surface area contributed by atoms with Gasteiger partial charge in [-0.05, 0) is 26.8 Å². The summed E-state index contributed by atoms with van der Waals surface area (Å²) >= 11 is 0. The Bertz CT molecular complexity index is 822. The molecular formula is C17H17N3O2. The predicted octanol–water partition coefficient (Wildman–Crippen LogP) is 3.33. The van der Waals surface area contributed by atoms with Crippen molar-refractivity contribution in [3.63, 3.8) is 0 Å². The topological polar surface area (TPSA) is 68.0 Å². The number of para-hydroxylation sites is 1. The van der Waals surface area contributed by atoms with E-state index in [9.17, 15) is 4.79 Å². The molecule has 0 spiro atoms. The van der Waals surface area contributed by atoms with Crippen LogP contribution in [0.5, 0.6) is 0 Å². The Hall–Kier alpha value is -2.69. The first-order valence-electron chi connectivity index (χ1n) is 7.14. The lowest BCUT2D eigenvalue weighted by molar-refractivity contribution is 0.0930. The largest absolute Gasteiger partial charge is 0.459 e. The van der Waals surface area contributed by atoms with Gasteiger partial charge >= 0.3 is 0 Å². The highest BCUT2D eigenvalue weighted by atomic mass is 16.3. The number of carbonyl (C=O) groups is 1. The summed E-state index contributed by atoms with van der Waals surface area (Å²) in [6, 6.07) is 7.59. The minimum atomic E-state index is -0.264. The van der Waals surface area contributed by atoms with Gasteiger partial charge in [-0.3, -0.25) is 9.78 Å². The van der Waals surface area contributed by atoms with Gasteiger partial charge < -0.3 is 9.73 Å². The van der Waals surface area contributed by atoms with Crippen LogP contribution in [-0.2, 0) is 0 Å². The van der Waals surface area contributed by atoms with E-state index < -0.39 is 0 Å². The van der Waals surface area contributed by atoms with E-state index in [-0.39, 0.29) is 11.9 Å². The van der Waals surface area contributed by atoms with Crippen molar-refractivity contribution < 1.29 is 9.21 Å². The lowest BCUT2D eigenvalue weighted by Gasteiger charge is -2.12. The smallest absolute Gasteiger partial charge is 0.272 e. The van der Waals surface area contributed by atoms with E-state index in [1.165, 1.54) is 6.20 Å². The third kappa shape index (κ3) is 2.57. The van der Waals surface area contributed by atoms with Crippen LogP contribution in [0.25, 0.3) is 11.0 Å². The summed E-state index contributed by atoms with van der Waals surface area (Å²) in [5, 5.41) is 3.96. The second kappa shape index (κ2) is 5.60. The van der Waals surface area contributed by atoms with Gasteiger partial charge in [0.1, 0.15) is 17.0 Å². The standard InChI is InChI=1S/C17H17N3O2/c1-10-8-19-14(9-18-10)17(21)20-12(3)16-11(2)13-6-4-5-7-15(13)22-16/h4-9,12H,1-3H3,(H,20,21)/t12-/m0/s1. The summed E-state index contributed by atoms with van der Waals surface area (Å²) in [4.78, 5) is 20.4. The first-order valence-corrected chi connectivity index (χ1v) is 7.14. The van der Waals surface area contributed by atoms with Crippen molar-refractivity contribution >= 4 is 16.9 Å². The van der Waals surface area contributed by atoms with Crippen LogP contribution >= 0.6 is 0 Å². The van der Waals surface area contributed by atoms with Gasteiger partial charge in [0.2, 0.25) is 0 Å². The van der Waals surface area contributed by atoms with Gasteiger partial charge in [0, 0.05) is 17.1 Å². The highest BCUT2D eigenvalue weighted by Crippen LogP contribution is 2.29. The fourth-order valence-corrected chi connectivity index (χ4v) is 2.45. The molecule has 5 nitrogen and oxygen atoms in total. The zero-order valence-corrected chi connectivity index (χ0v) is 12.8. The number of rotatable bonds is 3. The molecule has 3 aromatic rings. The fourth-order valence-electron chi connectivity index (χ4n) is 2.45. The highest BCUT2D eigenvalue weighted by Gasteiger charge is 2.19. The lowest BCUT2D eigenvalue weighted by Crippen LogP contribution is -2.27. The Morgan fingerprint density at radius 3 is 2.64 bits per heavy atom. The summed E-state index contributed by atoms with van der Waals surface area (Å²) in [5.41, 5.74) is 2.94. The highest BCUT2D eigenvalue weighted by molar-refractivity contribution is 5.92. The summed E-state index contributed by atoms with van der Waals surface area (Å²) in [6.07, 6.45) is 3.05. The number of benzene rings is 1. The summed E-state index contributed by atoms with van der Waals surface area (Å²) in [7, 11) is 0. The molecule has 5 heteroatoms. The molecule has 1 atom stereocenters. The summed E-state index contributed by atoms with van der Waals surface area (Å²) < 4.78 is 5.87. The Balaban J connectivity index is 1.83. The SMILES string of the molecule is Cc1cnc(C(=O)N[C@@H](C)c2oc3ccccc3c2C)cn1. The van der Waals surface area contributed by atoms with Crippen molar-refractivity contribution in [2.75, 3.05) is 0 Å². The first-order chi connectivity index (χ1) is 10.6. The number of nitrogens with one attached hydrogen (secondary N) is 1. The van der Waals surface area contributed by atoms with Crippen LogP contribution < -0.4 is 5.32 Å². The number of carbonyl (C=O) groups excluding carboxylic acids is 1. The van der Waals surface area contributed by atoms with Gasteiger partial charge in [0.05, 0.1) is 17.9 Å². The molecule has 2 aromatic heterocycles. The average Bonchev–Trinajstić information content (AvgIpc) is 2.85. The van der Waals surface area contributed by atoms with Crippen LogP contribution in [0, 0.1) is 13.8 Å². The number of hydrogen-bond acceptors (Lipinski definition) is 4. The molecule has 112 valence electrons. The van der Waals surface area contributed by atoms with Crippen LogP contribution in [0.1, 0.15) is 40.5 Å². The molecule has 0 aliphatic rings. The Kier molecular flexibility index (Phi) is 3.63. The summed E-state index contributed by atoms with van der Waals surface area (Å²) in [6.45, 7) is 5.72. The molecule has 0 aliphatic carbocycles. The molecule has 1 amide bonds. The molecule has 0 radical (unpaired) electrons. The van der Waals surface area contributed by atoms with Crippen molar-refractivity contribution in [1.82, 2.24) is 15.3 Å². The van der Waals surface area contributed by atoms with Gasteiger partial charge in [-0.25, -0.2) is 4.98 Å². The number of furan rings is 1. The Morgan fingerprint density at radius 1 is 1.18 bits per heavy atom. The monoisotopic (exact) mass is 295 g/mol. The molecular weight excluding hydrogens is 278 g/mol. The number of aryl methyl sites for hydroxylation is 2. The quantitative estimate of drug-likeness (QED) is 0.804. The minimum absolute atomic E-state index is 0.247. The predicted molar refractivity (Wildman–Crippen MR) is 83.6 cm³/mol. The molecule has 1 aromatic carbocycles. The molecule has 0 unspecified atom stereocenters. The molecule has 0 fully saturated rings. The Morgan fingerprint density at radius 2 is 1.95 bits per heavy atom. The van der Waals surface area contributed by atoms with E-state index in [2.05, 4.69) is 15.3 Å². The van der Waals surface area contributed by atoms with Crippen molar-refractivity contribution in [2.24, 2.45) is 0 Å². The second-order valence-corrected chi connectivity index (χ2v) is 5.33. The third-order valence-corrected chi connectivity index (χ3v) is 3.64. The fraction of sp³-hybridized carbons (Fsp3) is 0.235. The van der Waals surface area contributed by atoms with Gasteiger partial charge in [-0.2, -0.15) is 0 Å². The van der Waals surface area contributed by atoms with Crippen LogP contribution in [0.3, 0.4) is 0 Å². The number of hydrogen-bond donors (Lipinski definition) is 1. The zero-order chi connectivity index (χ0) is 15.7. The number of fused-ring (bicyclic) bond motifs is 1. The molecule has 22 heavy (non-hydrogen) atoms. The normalized spacial score (nSPS) is 12.3. The molecule has 0 aliphatic heterocycles. The van der Waals surface area contributed by atoms with Crippen molar-refractivity contribution in [2.45, 2.75) is 26.8 Å². The molecule has 0 saturated heterocycles. The van der Waals surface area contributed by atoms with E-state index in [0.29, 0.717) is 5.69 Å². The number of nitrogens with zero attached hydrogens (tertiary/aromatic N) is 2. The maximum Gasteiger partial charge on any atom is 0.272 e. The number of amides is 1. The summed E-state index contributed by atoms with van der Waals surface area (Å²) in [5.74, 6) is 0.495. The van der Waals surface area contributed by atoms with Crippen molar-refractivity contribution in [3.05, 3.63) is 59.4 Å². The van der Waals surface area contributed by atoms with E-state index in [0.717, 1.165) is 28.0 Å². The molecule has 2 heterocycles. The van der Waals surface area contributed by atoms with Gasteiger partial charge in [-0.15, -0.1) is 0 Å². The van der Waals surface area contributed by atoms with Crippen molar-refractivity contribution in [3.8, 4) is 0 Å². The molecule has 3 rings (SSSR count). The molecule has 0 saturated carbocycles. The average molecular weight is 295 g/mol. The van der Waals surface area contributed by atoms with Crippen LogP contribution in [0.4, 0.5) is 0 Å². The zero-order valence-electron chi connectivity index (χ0n) is 12.8. The second-order valence-electron chi connectivity index (χ2n) is 5.33. The maximum absolute atomic E-state index is 12.2. The first kappa shape index (κ1) is 14.3. The third-order valence-electron chi connectivity index (χ3n) is 3.64. The van der Waals surface area contributed by atoms with Gasteiger partial charge in [0.25, 0.3) is 5.91 Å². The molecule has 0 bridgehead atoms. The maximum atomic E-state index is 12.2. The van der Waals surface area contributed by atoms with Crippen LogP contribution in [0.2, 0.25) is 0 Å². The Labute approximate surface area is 128 Å². The van der Waals surface area contributed by atoms with E-state index in [1.54, 1.807) is 6.20 Å². The van der Waals surface area contributed by atoms with Gasteiger partial charge in [0.15, 0.2) is 0 Å². The van der Waals surface area contributed by atoms with Crippen LogP contribution in [-0.4, -0.2) is 15.9 Å². The lowest BCUT2D eigenvalue weighted by atomic mass is 10.1. The molecule has 1 N–H and O–H groups in total. The number of aromatic nitrogens is 2. The minimum Gasteiger partial charge on any atom is -0.459 e. The van der Waals surface area contributed by atoms with Gasteiger partial charge in [-0.1, -0.05) is 18.2 Å². The van der Waals surface area contributed by atoms with E-state index in [1.807, 2.05) is 45.0 Å². The van der Waals surface area contributed by atoms with E-state index >= 15 is 0 Å². The van der Waals surface area contributed by atoms with E-state index in [4.69, 9.17) is 4.42 Å². The van der Waals surface area contributed by atoms with Crippen molar-refractivity contribution in [1.29, 1.82) is 0 Å². The van der Waals surface area contributed by atoms with Crippen LogP contribution in [0.15, 0.2) is 41.1 Å².